The Hall–Kier alpha value is -1.49. The van der Waals surface area contributed by atoms with Gasteiger partial charge in [-0.2, -0.15) is 5.26 Å². The van der Waals surface area contributed by atoms with Crippen molar-refractivity contribution in [3.63, 3.8) is 0 Å². The maximum absolute atomic E-state index is 8.91. The first-order chi connectivity index (χ1) is 8.03. The molecule has 0 aromatic heterocycles. The molecule has 2 rings (SSSR count). The lowest BCUT2D eigenvalue weighted by atomic mass is 9.87. The molecule has 2 heteroatoms. The van der Waals surface area contributed by atoms with E-state index in [1.165, 1.54) is 19.3 Å². The fourth-order valence-electron chi connectivity index (χ4n) is 2.67. The molecule has 1 unspecified atom stereocenters. The zero-order valence-electron chi connectivity index (χ0n) is 10.9. The molecule has 17 heavy (non-hydrogen) atoms. The number of rotatable bonds is 2. The summed E-state index contributed by atoms with van der Waals surface area (Å²) in [5, 5.41) is 12.5. The molecule has 0 amide bonds. The lowest BCUT2D eigenvalue weighted by Crippen LogP contribution is -2.30. The summed E-state index contributed by atoms with van der Waals surface area (Å²) in [6, 6.07) is 8.75. The molecular weight excluding hydrogens is 208 g/mol. The number of nitrogens with one attached hydrogen (secondary N) is 1. The van der Waals surface area contributed by atoms with Gasteiger partial charge in [0.25, 0.3) is 0 Å². The van der Waals surface area contributed by atoms with Crippen LogP contribution >= 0.6 is 0 Å². The van der Waals surface area contributed by atoms with Gasteiger partial charge < -0.3 is 5.32 Å². The van der Waals surface area contributed by atoms with Gasteiger partial charge in [-0.1, -0.05) is 20.3 Å². The molecule has 0 aliphatic heterocycles. The van der Waals surface area contributed by atoms with Crippen LogP contribution in [-0.4, -0.2) is 6.04 Å². The quantitative estimate of drug-likeness (QED) is 0.834. The normalized spacial score (nSPS) is 22.1. The largest absolute Gasteiger partial charge is 0.382 e. The molecule has 1 aliphatic rings. The Labute approximate surface area is 104 Å². The summed E-state index contributed by atoms with van der Waals surface area (Å²) in [6.07, 6.45) is 3.84. The molecule has 0 heterocycles. The fraction of sp³-hybridized carbons (Fsp3) is 0.533. The second-order valence-corrected chi connectivity index (χ2v) is 5.72. The van der Waals surface area contributed by atoms with E-state index in [4.69, 9.17) is 5.26 Å². The van der Waals surface area contributed by atoms with E-state index in [0.29, 0.717) is 11.5 Å². The van der Waals surface area contributed by atoms with Gasteiger partial charge in [0.05, 0.1) is 11.6 Å². The molecule has 1 aromatic carbocycles. The smallest absolute Gasteiger partial charge is 0.0994 e. The minimum Gasteiger partial charge on any atom is -0.382 e. The molecule has 2 nitrogen and oxygen atoms in total. The molecule has 0 bridgehead atoms. The highest BCUT2D eigenvalue weighted by molar-refractivity contribution is 5.52. The predicted octanol–water partition coefficient (Wildman–Crippen LogP) is 3.86. The van der Waals surface area contributed by atoms with Crippen LogP contribution in [-0.2, 0) is 0 Å². The van der Waals surface area contributed by atoms with E-state index < -0.39 is 0 Å². The van der Waals surface area contributed by atoms with Crippen molar-refractivity contribution in [3.8, 4) is 6.07 Å². The van der Waals surface area contributed by atoms with Crippen molar-refractivity contribution in [1.29, 1.82) is 5.26 Å². The van der Waals surface area contributed by atoms with Crippen molar-refractivity contribution in [2.75, 3.05) is 5.32 Å². The number of aryl methyl sites for hydroxylation is 1. The van der Waals surface area contributed by atoms with Crippen molar-refractivity contribution < 1.29 is 0 Å². The Morgan fingerprint density at radius 1 is 1.41 bits per heavy atom. The molecular formula is C15H20N2. The number of hydrogen-bond donors (Lipinski definition) is 1. The average Bonchev–Trinajstić information content (AvgIpc) is 2.59. The summed E-state index contributed by atoms with van der Waals surface area (Å²) in [5.41, 5.74) is 3.33. The number of hydrogen-bond acceptors (Lipinski definition) is 2. The van der Waals surface area contributed by atoms with Crippen LogP contribution in [0.15, 0.2) is 18.2 Å². The summed E-state index contributed by atoms with van der Waals surface area (Å²) in [4.78, 5) is 0. The van der Waals surface area contributed by atoms with E-state index in [1.807, 2.05) is 19.1 Å². The Morgan fingerprint density at radius 3 is 2.71 bits per heavy atom. The van der Waals surface area contributed by atoms with Gasteiger partial charge in [0.2, 0.25) is 0 Å². The summed E-state index contributed by atoms with van der Waals surface area (Å²) >= 11 is 0. The van der Waals surface area contributed by atoms with Gasteiger partial charge in [-0.25, -0.2) is 0 Å². The van der Waals surface area contributed by atoms with E-state index >= 15 is 0 Å². The third-order valence-corrected chi connectivity index (χ3v) is 3.94. The third kappa shape index (κ3) is 2.44. The molecule has 1 N–H and O–H groups in total. The monoisotopic (exact) mass is 228 g/mol. The van der Waals surface area contributed by atoms with Gasteiger partial charge in [-0.05, 0) is 48.9 Å². The van der Waals surface area contributed by atoms with Gasteiger partial charge in [0.1, 0.15) is 0 Å². The molecule has 1 aliphatic carbocycles. The zero-order chi connectivity index (χ0) is 12.5. The summed E-state index contributed by atoms with van der Waals surface area (Å²) in [7, 11) is 0. The van der Waals surface area contributed by atoms with Crippen molar-refractivity contribution in [2.45, 2.75) is 46.1 Å². The van der Waals surface area contributed by atoms with Gasteiger partial charge in [0.15, 0.2) is 0 Å². The lowest BCUT2D eigenvalue weighted by molar-refractivity contribution is 0.350. The molecule has 0 spiro atoms. The predicted molar refractivity (Wildman–Crippen MR) is 70.9 cm³/mol. The minimum absolute atomic E-state index is 0.377. The van der Waals surface area contributed by atoms with Crippen LogP contribution in [0.25, 0.3) is 0 Å². The van der Waals surface area contributed by atoms with Crippen molar-refractivity contribution in [2.24, 2.45) is 5.41 Å². The molecule has 1 saturated carbocycles. The number of benzene rings is 1. The Morgan fingerprint density at radius 2 is 2.18 bits per heavy atom. The Kier molecular flexibility index (Phi) is 3.11. The minimum atomic E-state index is 0.377. The van der Waals surface area contributed by atoms with Gasteiger partial charge >= 0.3 is 0 Å². The standard InChI is InChI=1S/C15H20N2/c1-11-9-13(7-6-12(11)10-16)17-14-5-4-8-15(14,2)3/h6-7,9,14,17H,4-5,8H2,1-3H3. The molecule has 0 radical (unpaired) electrons. The number of nitrogens with zero attached hydrogens (tertiary/aromatic N) is 1. The first-order valence-electron chi connectivity index (χ1n) is 6.30. The number of anilines is 1. The van der Waals surface area contributed by atoms with Gasteiger partial charge in [0, 0.05) is 11.7 Å². The Balaban J connectivity index is 2.15. The van der Waals surface area contributed by atoms with Crippen LogP contribution in [0.3, 0.4) is 0 Å². The maximum Gasteiger partial charge on any atom is 0.0994 e. The van der Waals surface area contributed by atoms with Crippen LogP contribution in [0, 0.1) is 23.7 Å². The van der Waals surface area contributed by atoms with Crippen LogP contribution in [0.4, 0.5) is 5.69 Å². The molecule has 1 aromatic rings. The molecule has 90 valence electrons. The molecule has 1 atom stereocenters. The molecule has 1 fully saturated rings. The van der Waals surface area contributed by atoms with E-state index in [1.54, 1.807) is 0 Å². The van der Waals surface area contributed by atoms with Crippen molar-refractivity contribution in [1.82, 2.24) is 0 Å². The fourth-order valence-corrected chi connectivity index (χ4v) is 2.67. The lowest BCUT2D eigenvalue weighted by Gasteiger charge is -2.28. The first kappa shape index (κ1) is 12.0. The van der Waals surface area contributed by atoms with Crippen molar-refractivity contribution >= 4 is 5.69 Å². The van der Waals surface area contributed by atoms with E-state index in [0.717, 1.165) is 16.8 Å². The van der Waals surface area contributed by atoms with Crippen LogP contribution in [0.5, 0.6) is 0 Å². The van der Waals surface area contributed by atoms with Gasteiger partial charge in [-0.15, -0.1) is 0 Å². The van der Waals surface area contributed by atoms with E-state index in [2.05, 4.69) is 31.3 Å². The van der Waals surface area contributed by atoms with Crippen LogP contribution in [0.2, 0.25) is 0 Å². The van der Waals surface area contributed by atoms with Gasteiger partial charge in [-0.3, -0.25) is 0 Å². The summed E-state index contributed by atoms with van der Waals surface area (Å²) in [6.45, 7) is 6.64. The second kappa shape index (κ2) is 4.41. The highest BCUT2D eigenvalue weighted by Crippen LogP contribution is 2.39. The summed E-state index contributed by atoms with van der Waals surface area (Å²) < 4.78 is 0. The highest BCUT2D eigenvalue weighted by atomic mass is 14.9. The highest BCUT2D eigenvalue weighted by Gasteiger charge is 2.34. The van der Waals surface area contributed by atoms with E-state index in [-0.39, 0.29) is 0 Å². The first-order valence-corrected chi connectivity index (χ1v) is 6.30. The van der Waals surface area contributed by atoms with Crippen molar-refractivity contribution in [3.05, 3.63) is 29.3 Å². The Bertz CT molecular complexity index is 454. The number of nitriles is 1. The zero-order valence-corrected chi connectivity index (χ0v) is 10.9. The van der Waals surface area contributed by atoms with E-state index in [9.17, 15) is 0 Å². The SMILES string of the molecule is Cc1cc(NC2CCCC2(C)C)ccc1C#N. The summed E-state index contributed by atoms with van der Waals surface area (Å²) in [5.74, 6) is 0. The average molecular weight is 228 g/mol. The van der Waals surface area contributed by atoms with Crippen LogP contribution in [0.1, 0.15) is 44.2 Å². The second-order valence-electron chi connectivity index (χ2n) is 5.72. The van der Waals surface area contributed by atoms with Crippen LogP contribution < -0.4 is 5.32 Å². The topological polar surface area (TPSA) is 35.8 Å². The maximum atomic E-state index is 8.91. The molecule has 0 saturated heterocycles. The third-order valence-electron chi connectivity index (χ3n) is 3.94.